The topological polar surface area (TPSA) is 87.0 Å². The molecule has 26 heavy (non-hydrogen) atoms. The summed E-state index contributed by atoms with van der Waals surface area (Å²) in [7, 11) is 0. The largest absolute Gasteiger partial charge is 0.463 e. The molecule has 3 N–H and O–H groups in total. The third kappa shape index (κ3) is 19.4. The third-order valence-electron chi connectivity index (χ3n) is 4.34. The fourth-order valence-electron chi connectivity index (χ4n) is 2.69. The Morgan fingerprint density at radius 3 is 1.81 bits per heavy atom. The first kappa shape index (κ1) is 25.1. The van der Waals surface area contributed by atoms with E-state index in [2.05, 4.69) is 12.2 Å². The molecule has 0 aliphatic carbocycles. The monoisotopic (exact) mass is 372 g/mol. The van der Waals surface area contributed by atoms with E-state index in [9.17, 15) is 4.79 Å². The summed E-state index contributed by atoms with van der Waals surface area (Å²) in [6.45, 7) is -0.176. The van der Waals surface area contributed by atoms with Crippen LogP contribution in [0.25, 0.3) is 0 Å². The number of aliphatic hydroxyl groups excluding tert-OH is 3. The van der Waals surface area contributed by atoms with Crippen LogP contribution in [0.4, 0.5) is 0 Å². The Bertz CT molecular complexity index is 330. The molecule has 0 heterocycles. The molecule has 0 aromatic carbocycles. The number of rotatable bonds is 19. The van der Waals surface area contributed by atoms with Crippen molar-refractivity contribution in [1.82, 2.24) is 0 Å². The second kappa shape index (κ2) is 20.4. The van der Waals surface area contributed by atoms with Crippen LogP contribution in [0.2, 0.25) is 0 Å². The second-order valence-corrected chi connectivity index (χ2v) is 6.93. The standard InChI is InChI=1S/C21H40O5/c22-17-15-13-11-9-7-5-3-1-2-4-6-8-10-12-14-16-21(25)26-19-20(24)18-23/h1-2,20,22-24H,3-19H2/b2-1-/t20-/m1/s1. The number of esters is 1. The highest BCUT2D eigenvalue weighted by Crippen LogP contribution is 2.10. The number of carbonyl (C=O) groups is 1. The molecule has 154 valence electrons. The maximum Gasteiger partial charge on any atom is 0.305 e. The molecule has 0 aromatic rings. The van der Waals surface area contributed by atoms with Crippen LogP contribution in [0.15, 0.2) is 12.2 Å². The average Bonchev–Trinajstić information content (AvgIpc) is 2.65. The van der Waals surface area contributed by atoms with Gasteiger partial charge in [0, 0.05) is 13.0 Å². The molecule has 1 atom stereocenters. The maximum absolute atomic E-state index is 11.4. The van der Waals surface area contributed by atoms with Gasteiger partial charge in [0.05, 0.1) is 6.61 Å². The Morgan fingerprint density at radius 1 is 0.769 bits per heavy atom. The summed E-state index contributed by atoms with van der Waals surface area (Å²) in [5, 5.41) is 26.4. The van der Waals surface area contributed by atoms with Crippen LogP contribution in [0, 0.1) is 0 Å². The highest BCUT2D eigenvalue weighted by molar-refractivity contribution is 5.69. The fourth-order valence-corrected chi connectivity index (χ4v) is 2.69. The van der Waals surface area contributed by atoms with Gasteiger partial charge in [-0.05, 0) is 38.5 Å². The molecule has 0 spiro atoms. The number of carbonyl (C=O) groups excluding carboxylic acids is 1. The predicted molar refractivity (Wildman–Crippen MR) is 105 cm³/mol. The highest BCUT2D eigenvalue weighted by atomic mass is 16.5. The third-order valence-corrected chi connectivity index (χ3v) is 4.34. The molecule has 0 saturated carbocycles. The molecule has 0 rings (SSSR count). The van der Waals surface area contributed by atoms with Crippen molar-refractivity contribution in [3.05, 3.63) is 12.2 Å². The highest BCUT2D eigenvalue weighted by Gasteiger charge is 2.07. The number of hydrogen-bond acceptors (Lipinski definition) is 5. The van der Waals surface area contributed by atoms with Crippen molar-refractivity contribution < 1.29 is 24.9 Å². The number of ether oxygens (including phenoxy) is 1. The van der Waals surface area contributed by atoms with Crippen LogP contribution < -0.4 is 0 Å². The van der Waals surface area contributed by atoms with Crippen molar-refractivity contribution >= 4 is 5.97 Å². The van der Waals surface area contributed by atoms with E-state index in [1.165, 1.54) is 44.9 Å². The van der Waals surface area contributed by atoms with Gasteiger partial charge in [-0.2, -0.15) is 0 Å². The molecule has 0 radical (unpaired) electrons. The molecule has 0 amide bonds. The molecule has 0 aromatic heterocycles. The predicted octanol–water partition coefficient (Wildman–Crippen LogP) is 3.89. The SMILES string of the molecule is O=C(CCCCCCC/C=C\CCCCCCCCO)OC[C@H](O)CO. The van der Waals surface area contributed by atoms with Crippen LogP contribution >= 0.6 is 0 Å². The zero-order valence-corrected chi connectivity index (χ0v) is 16.4. The Balaban J connectivity index is 3.22. The average molecular weight is 373 g/mol. The van der Waals surface area contributed by atoms with Gasteiger partial charge in [0.15, 0.2) is 0 Å². The van der Waals surface area contributed by atoms with Gasteiger partial charge in [0.2, 0.25) is 0 Å². The molecule has 0 saturated heterocycles. The van der Waals surface area contributed by atoms with Crippen molar-refractivity contribution in [2.75, 3.05) is 19.8 Å². The number of hydrogen-bond donors (Lipinski definition) is 3. The Kier molecular flexibility index (Phi) is 19.7. The summed E-state index contributed by atoms with van der Waals surface area (Å²) in [4.78, 5) is 11.4. The van der Waals surface area contributed by atoms with Gasteiger partial charge in [-0.1, -0.05) is 57.1 Å². The smallest absolute Gasteiger partial charge is 0.305 e. The Morgan fingerprint density at radius 2 is 1.27 bits per heavy atom. The minimum atomic E-state index is -0.969. The summed E-state index contributed by atoms with van der Waals surface area (Å²) >= 11 is 0. The molecule has 0 aliphatic rings. The van der Waals surface area contributed by atoms with Crippen molar-refractivity contribution in [3.8, 4) is 0 Å². The van der Waals surface area contributed by atoms with Crippen molar-refractivity contribution in [1.29, 1.82) is 0 Å². The first-order chi connectivity index (χ1) is 12.7. The molecule has 0 bridgehead atoms. The van der Waals surface area contributed by atoms with Crippen molar-refractivity contribution in [2.45, 2.75) is 96.0 Å². The van der Waals surface area contributed by atoms with Gasteiger partial charge in [0.25, 0.3) is 0 Å². The van der Waals surface area contributed by atoms with E-state index in [4.69, 9.17) is 20.1 Å². The number of allylic oxidation sites excluding steroid dienone is 2. The van der Waals surface area contributed by atoms with E-state index in [0.717, 1.165) is 38.5 Å². The van der Waals surface area contributed by atoms with Crippen LogP contribution in [0.3, 0.4) is 0 Å². The van der Waals surface area contributed by atoms with Gasteiger partial charge >= 0.3 is 5.97 Å². The van der Waals surface area contributed by atoms with Crippen LogP contribution in [0.1, 0.15) is 89.9 Å². The van der Waals surface area contributed by atoms with Gasteiger partial charge < -0.3 is 20.1 Å². The minimum absolute atomic E-state index is 0.120. The zero-order valence-electron chi connectivity index (χ0n) is 16.4. The van der Waals surface area contributed by atoms with Crippen LogP contribution in [0.5, 0.6) is 0 Å². The van der Waals surface area contributed by atoms with Gasteiger partial charge in [-0.25, -0.2) is 0 Å². The summed E-state index contributed by atoms with van der Waals surface area (Å²) in [5.74, 6) is -0.297. The van der Waals surface area contributed by atoms with Gasteiger partial charge in [0.1, 0.15) is 12.7 Å². The second-order valence-electron chi connectivity index (χ2n) is 6.93. The number of aliphatic hydroxyl groups is 3. The van der Waals surface area contributed by atoms with E-state index >= 15 is 0 Å². The summed E-state index contributed by atoms with van der Waals surface area (Å²) in [6, 6.07) is 0. The normalized spacial score (nSPS) is 12.6. The summed E-state index contributed by atoms with van der Waals surface area (Å²) in [6.07, 6.45) is 18.9. The molecule has 0 unspecified atom stereocenters. The number of unbranched alkanes of at least 4 members (excludes halogenated alkanes) is 11. The molecular weight excluding hydrogens is 332 g/mol. The van der Waals surface area contributed by atoms with E-state index in [1.807, 2.05) is 0 Å². The molecular formula is C21H40O5. The lowest BCUT2D eigenvalue weighted by Crippen LogP contribution is -2.21. The first-order valence-electron chi connectivity index (χ1n) is 10.4. The molecule has 0 aliphatic heterocycles. The quantitative estimate of drug-likeness (QED) is 0.182. The van der Waals surface area contributed by atoms with E-state index < -0.39 is 6.10 Å². The van der Waals surface area contributed by atoms with Gasteiger partial charge in [-0.15, -0.1) is 0 Å². The zero-order chi connectivity index (χ0) is 19.3. The van der Waals surface area contributed by atoms with Crippen LogP contribution in [-0.2, 0) is 9.53 Å². The lowest BCUT2D eigenvalue weighted by Gasteiger charge is -2.08. The van der Waals surface area contributed by atoms with E-state index in [-0.39, 0.29) is 19.2 Å². The lowest BCUT2D eigenvalue weighted by molar-refractivity contribution is -0.147. The van der Waals surface area contributed by atoms with Crippen LogP contribution in [-0.4, -0.2) is 47.2 Å². The van der Waals surface area contributed by atoms with Crippen molar-refractivity contribution in [3.63, 3.8) is 0 Å². The maximum atomic E-state index is 11.4. The summed E-state index contributed by atoms with van der Waals surface area (Å²) < 4.78 is 4.85. The fraction of sp³-hybridized carbons (Fsp3) is 0.857. The molecule has 0 fully saturated rings. The minimum Gasteiger partial charge on any atom is -0.463 e. The lowest BCUT2D eigenvalue weighted by atomic mass is 10.1. The van der Waals surface area contributed by atoms with Gasteiger partial charge in [-0.3, -0.25) is 4.79 Å². The Hall–Kier alpha value is -0.910. The summed E-state index contributed by atoms with van der Waals surface area (Å²) in [5.41, 5.74) is 0. The molecule has 5 heteroatoms. The van der Waals surface area contributed by atoms with Crippen molar-refractivity contribution in [2.24, 2.45) is 0 Å². The first-order valence-corrected chi connectivity index (χ1v) is 10.4. The Labute approximate surface area is 159 Å². The van der Waals surface area contributed by atoms with E-state index in [1.54, 1.807) is 0 Å². The molecule has 5 nitrogen and oxygen atoms in total. The van der Waals surface area contributed by atoms with E-state index in [0.29, 0.717) is 13.0 Å².